The smallest absolute Gasteiger partial charge is 0.252 e. The second kappa shape index (κ2) is 10.4. The predicted octanol–water partition coefficient (Wildman–Crippen LogP) is 2.25. The van der Waals surface area contributed by atoms with E-state index in [-0.39, 0.29) is 18.4 Å². The highest BCUT2D eigenvalue weighted by atomic mass is 32.2. The quantitative estimate of drug-likeness (QED) is 0.664. The van der Waals surface area contributed by atoms with Crippen LogP contribution in [0.25, 0.3) is 0 Å². The van der Waals surface area contributed by atoms with Gasteiger partial charge in [0.2, 0.25) is 5.91 Å². The molecular weight excluding hydrogens is 444 g/mol. The molecule has 7 nitrogen and oxygen atoms in total. The number of thiophene rings is 1. The number of hydrogen-bond acceptors (Lipinski definition) is 6. The van der Waals surface area contributed by atoms with Gasteiger partial charge in [0.05, 0.1) is 5.92 Å². The number of nitrogens with one attached hydrogen (secondary N) is 1. The van der Waals surface area contributed by atoms with E-state index in [1.807, 2.05) is 6.07 Å². The van der Waals surface area contributed by atoms with Gasteiger partial charge in [-0.15, -0.1) is 11.3 Å². The lowest BCUT2D eigenvalue weighted by atomic mass is 9.99. The molecule has 1 N–H and O–H groups in total. The summed E-state index contributed by atoms with van der Waals surface area (Å²) in [6.45, 7) is 5.02. The highest BCUT2D eigenvalue weighted by molar-refractivity contribution is 7.91. The van der Waals surface area contributed by atoms with Crippen LogP contribution in [0, 0.1) is 5.92 Å². The van der Waals surface area contributed by atoms with Crippen molar-refractivity contribution < 1.29 is 13.2 Å². The maximum absolute atomic E-state index is 12.8. The second-order valence-corrected chi connectivity index (χ2v) is 11.8. The molecule has 2 saturated heterocycles. The van der Waals surface area contributed by atoms with Crippen LogP contribution < -0.4 is 5.32 Å². The summed E-state index contributed by atoms with van der Waals surface area (Å²) in [5.74, 6) is -0.336. The Hall–Kier alpha value is -1.78. The molecule has 2 aliphatic rings. The number of nitrogens with zero attached hydrogens (tertiary/aromatic N) is 3. The van der Waals surface area contributed by atoms with Gasteiger partial charge in [-0.05, 0) is 36.9 Å². The van der Waals surface area contributed by atoms with Gasteiger partial charge in [-0.25, -0.2) is 8.42 Å². The fraction of sp³-hybridized carbons (Fsp3) is 0.522. The van der Waals surface area contributed by atoms with Crippen molar-refractivity contribution in [3.05, 3.63) is 53.4 Å². The van der Waals surface area contributed by atoms with Crippen LogP contribution in [-0.2, 0) is 14.8 Å². The summed E-state index contributed by atoms with van der Waals surface area (Å²) in [4.78, 5) is 17.6. The average Bonchev–Trinajstić information content (AvgIpc) is 3.36. The number of amides is 1. The Morgan fingerprint density at radius 3 is 2.66 bits per heavy atom. The summed E-state index contributed by atoms with van der Waals surface area (Å²) < 4.78 is 27.5. The van der Waals surface area contributed by atoms with E-state index >= 15 is 0 Å². The first kappa shape index (κ1) is 23.4. The van der Waals surface area contributed by atoms with E-state index < -0.39 is 10.0 Å². The number of carbonyl (C=O) groups is 1. The highest BCUT2D eigenvalue weighted by Crippen LogP contribution is 2.27. The van der Waals surface area contributed by atoms with Crippen LogP contribution in [0.2, 0.25) is 0 Å². The zero-order chi connectivity index (χ0) is 22.6. The molecule has 3 heterocycles. The van der Waals surface area contributed by atoms with Crippen LogP contribution in [0.5, 0.6) is 0 Å². The summed E-state index contributed by atoms with van der Waals surface area (Å²) in [5, 5.41) is 4.84. The summed E-state index contributed by atoms with van der Waals surface area (Å²) in [7, 11) is -1.36. The minimum absolute atomic E-state index is 0.0403. The molecule has 2 atom stereocenters. The van der Waals surface area contributed by atoms with E-state index in [0.717, 1.165) is 32.6 Å². The van der Waals surface area contributed by atoms with E-state index in [4.69, 9.17) is 0 Å². The Kier molecular flexibility index (Phi) is 7.63. The van der Waals surface area contributed by atoms with Gasteiger partial charge in [-0.1, -0.05) is 36.4 Å². The molecule has 174 valence electrons. The molecule has 0 spiro atoms. The van der Waals surface area contributed by atoms with Gasteiger partial charge in [0.25, 0.3) is 10.0 Å². The third kappa shape index (κ3) is 5.40. The molecule has 0 bridgehead atoms. The summed E-state index contributed by atoms with van der Waals surface area (Å²) in [5.41, 5.74) is 1.30. The van der Waals surface area contributed by atoms with Gasteiger partial charge in [0, 0.05) is 51.9 Å². The molecule has 0 unspecified atom stereocenters. The van der Waals surface area contributed by atoms with Crippen molar-refractivity contribution in [2.75, 3.05) is 52.9 Å². The van der Waals surface area contributed by atoms with E-state index in [2.05, 4.69) is 46.4 Å². The van der Waals surface area contributed by atoms with Gasteiger partial charge in [-0.3, -0.25) is 9.69 Å². The monoisotopic (exact) mass is 476 g/mol. The molecule has 4 rings (SSSR count). The van der Waals surface area contributed by atoms with E-state index in [0.29, 0.717) is 29.8 Å². The number of benzene rings is 1. The lowest BCUT2D eigenvalue weighted by Crippen LogP contribution is -2.50. The van der Waals surface area contributed by atoms with Crippen LogP contribution in [0.15, 0.2) is 52.1 Å². The molecule has 2 fully saturated rings. The SMILES string of the molecule is CN1CCN(CCNC(=O)[C@@H]2CCCN(S(=O)(=O)c3cccs3)C2)[C@@H](c2ccccc2)C1. The van der Waals surface area contributed by atoms with E-state index in [1.54, 1.807) is 17.5 Å². The molecular formula is C23H32N4O3S2. The maximum Gasteiger partial charge on any atom is 0.252 e. The van der Waals surface area contributed by atoms with E-state index in [1.165, 1.54) is 21.2 Å². The molecule has 2 aliphatic heterocycles. The maximum atomic E-state index is 12.8. The second-order valence-electron chi connectivity index (χ2n) is 8.65. The summed E-state index contributed by atoms with van der Waals surface area (Å²) in [6.07, 6.45) is 1.43. The Morgan fingerprint density at radius 2 is 1.91 bits per heavy atom. The largest absolute Gasteiger partial charge is 0.355 e. The highest BCUT2D eigenvalue weighted by Gasteiger charge is 2.34. The van der Waals surface area contributed by atoms with Gasteiger partial charge in [0.15, 0.2) is 0 Å². The molecule has 1 amide bonds. The summed E-state index contributed by atoms with van der Waals surface area (Å²) >= 11 is 1.22. The molecule has 0 saturated carbocycles. The van der Waals surface area contributed by atoms with Gasteiger partial charge >= 0.3 is 0 Å². The predicted molar refractivity (Wildman–Crippen MR) is 127 cm³/mol. The Labute approximate surface area is 195 Å². The lowest BCUT2D eigenvalue weighted by Gasteiger charge is -2.40. The fourth-order valence-corrected chi connectivity index (χ4v) is 7.26. The third-order valence-corrected chi connectivity index (χ3v) is 9.66. The number of sulfonamides is 1. The van der Waals surface area contributed by atoms with Gasteiger partial charge in [0.1, 0.15) is 4.21 Å². The third-order valence-electron chi connectivity index (χ3n) is 6.42. The molecule has 9 heteroatoms. The van der Waals surface area contributed by atoms with Crippen molar-refractivity contribution in [3.63, 3.8) is 0 Å². The van der Waals surface area contributed by atoms with Crippen molar-refractivity contribution in [2.45, 2.75) is 23.1 Å². The van der Waals surface area contributed by atoms with Crippen molar-refractivity contribution in [2.24, 2.45) is 5.92 Å². The zero-order valence-corrected chi connectivity index (χ0v) is 20.2. The Morgan fingerprint density at radius 1 is 1.09 bits per heavy atom. The van der Waals surface area contributed by atoms with Crippen LogP contribution in [0.4, 0.5) is 0 Å². The van der Waals surface area contributed by atoms with Crippen molar-refractivity contribution in [1.29, 1.82) is 0 Å². The fourth-order valence-electron chi connectivity index (χ4n) is 4.60. The molecule has 0 radical (unpaired) electrons. The zero-order valence-electron chi connectivity index (χ0n) is 18.5. The molecule has 1 aromatic carbocycles. The van der Waals surface area contributed by atoms with Crippen molar-refractivity contribution in [3.8, 4) is 0 Å². The first-order chi connectivity index (χ1) is 15.4. The normalized spacial score (nSPS) is 23.8. The standard InChI is InChI=1S/C23H32N4O3S2/c1-25-14-15-26(21(18-25)19-7-3-2-4-8-19)13-11-24-23(28)20-9-5-12-27(17-20)32(29,30)22-10-6-16-31-22/h2-4,6-8,10,16,20-21H,5,9,11-15,17-18H2,1H3,(H,24,28)/t20-,21-/m1/s1. The van der Waals surface area contributed by atoms with Crippen molar-refractivity contribution in [1.82, 2.24) is 19.4 Å². The number of rotatable bonds is 7. The number of likely N-dealkylation sites (N-methyl/N-ethyl adjacent to an activating group) is 1. The molecule has 2 aromatic rings. The number of hydrogen-bond donors (Lipinski definition) is 1. The first-order valence-corrected chi connectivity index (χ1v) is 13.6. The molecule has 1 aromatic heterocycles. The van der Waals surface area contributed by atoms with Crippen LogP contribution in [0.3, 0.4) is 0 Å². The Balaban J connectivity index is 1.31. The van der Waals surface area contributed by atoms with Gasteiger partial charge < -0.3 is 10.2 Å². The topological polar surface area (TPSA) is 73.0 Å². The first-order valence-electron chi connectivity index (χ1n) is 11.2. The van der Waals surface area contributed by atoms with Crippen molar-refractivity contribution >= 4 is 27.3 Å². The van der Waals surface area contributed by atoms with Crippen LogP contribution in [-0.4, -0.2) is 81.3 Å². The minimum Gasteiger partial charge on any atom is -0.355 e. The number of piperazine rings is 1. The Bertz CT molecular complexity index is 982. The van der Waals surface area contributed by atoms with Crippen LogP contribution in [0.1, 0.15) is 24.4 Å². The van der Waals surface area contributed by atoms with Crippen LogP contribution >= 0.6 is 11.3 Å². The van der Waals surface area contributed by atoms with Gasteiger partial charge in [-0.2, -0.15) is 4.31 Å². The molecule has 0 aliphatic carbocycles. The summed E-state index contributed by atoms with van der Waals surface area (Å²) in [6, 6.07) is 14.2. The number of carbonyl (C=O) groups excluding carboxylic acids is 1. The average molecular weight is 477 g/mol. The van der Waals surface area contributed by atoms with E-state index in [9.17, 15) is 13.2 Å². The lowest BCUT2D eigenvalue weighted by molar-refractivity contribution is -0.126. The minimum atomic E-state index is -3.51. The number of piperidine rings is 1. The molecule has 32 heavy (non-hydrogen) atoms.